The van der Waals surface area contributed by atoms with E-state index in [1.54, 1.807) is 0 Å². The van der Waals surface area contributed by atoms with Gasteiger partial charge in [-0.05, 0) is 45.1 Å². The Hall–Kier alpha value is -0.0800. The van der Waals surface area contributed by atoms with Gasteiger partial charge in [0.25, 0.3) is 0 Å². The molecule has 4 atom stereocenters. The fourth-order valence-corrected chi connectivity index (χ4v) is 3.45. The molecule has 1 fully saturated rings. The first-order valence-electron chi connectivity index (χ1n) is 9.10. The predicted octanol–water partition coefficient (Wildman–Crippen LogP) is 4.92. The number of ether oxygens (including phenoxy) is 1. The summed E-state index contributed by atoms with van der Waals surface area (Å²) in [6, 6.07) is 0.584. The monoisotopic (exact) mass is 283 g/mol. The zero-order chi connectivity index (χ0) is 14.8. The lowest BCUT2D eigenvalue weighted by molar-refractivity contribution is -0.0536. The third-order valence-corrected chi connectivity index (χ3v) is 4.82. The van der Waals surface area contributed by atoms with Crippen LogP contribution in [0, 0.1) is 5.92 Å². The maximum absolute atomic E-state index is 6.41. The molecule has 0 bridgehead atoms. The summed E-state index contributed by atoms with van der Waals surface area (Å²) >= 11 is 0. The van der Waals surface area contributed by atoms with E-state index in [9.17, 15) is 0 Å². The quantitative estimate of drug-likeness (QED) is 0.575. The lowest BCUT2D eigenvalue weighted by atomic mass is 9.82. The van der Waals surface area contributed by atoms with Gasteiger partial charge in [0, 0.05) is 6.04 Å². The van der Waals surface area contributed by atoms with Crippen molar-refractivity contribution < 1.29 is 4.74 Å². The summed E-state index contributed by atoms with van der Waals surface area (Å²) in [7, 11) is 0. The van der Waals surface area contributed by atoms with Gasteiger partial charge in [0.15, 0.2) is 0 Å². The minimum absolute atomic E-state index is 0.425. The van der Waals surface area contributed by atoms with Gasteiger partial charge < -0.3 is 10.1 Å². The zero-order valence-electron chi connectivity index (χ0n) is 14.3. The highest BCUT2D eigenvalue weighted by Crippen LogP contribution is 2.30. The van der Waals surface area contributed by atoms with Crippen LogP contribution in [0.4, 0.5) is 0 Å². The molecular formula is C18H37NO. The van der Waals surface area contributed by atoms with E-state index in [-0.39, 0.29) is 0 Å². The molecule has 0 aliphatic heterocycles. The van der Waals surface area contributed by atoms with Gasteiger partial charge in [-0.3, -0.25) is 0 Å². The average Bonchev–Trinajstić information content (AvgIpc) is 2.45. The van der Waals surface area contributed by atoms with Crippen LogP contribution in [-0.4, -0.2) is 24.8 Å². The van der Waals surface area contributed by atoms with Crippen LogP contribution in [0.25, 0.3) is 0 Å². The SMILES string of the molecule is CCCCCCC(C)OC1CC(CC)CCC1NCC. The van der Waals surface area contributed by atoms with Crippen LogP contribution in [0.1, 0.15) is 85.5 Å². The molecular weight excluding hydrogens is 246 g/mol. The Morgan fingerprint density at radius 1 is 1.10 bits per heavy atom. The standard InChI is InChI=1S/C18H37NO/c1-5-8-9-10-11-15(4)20-18-14-16(6-2)12-13-17(18)19-7-3/h15-19H,5-14H2,1-4H3. The molecule has 1 rings (SSSR count). The Bertz CT molecular complexity index is 231. The van der Waals surface area contributed by atoms with Gasteiger partial charge in [-0.2, -0.15) is 0 Å². The molecule has 0 amide bonds. The minimum Gasteiger partial charge on any atom is -0.374 e. The molecule has 2 nitrogen and oxygen atoms in total. The maximum atomic E-state index is 6.41. The molecule has 1 saturated carbocycles. The molecule has 1 aliphatic rings. The molecule has 0 aromatic rings. The highest BCUT2D eigenvalue weighted by molar-refractivity contribution is 4.85. The first kappa shape index (κ1) is 18.0. The molecule has 1 aliphatic carbocycles. The number of unbranched alkanes of at least 4 members (excludes halogenated alkanes) is 3. The summed E-state index contributed by atoms with van der Waals surface area (Å²) in [5, 5.41) is 3.64. The highest BCUT2D eigenvalue weighted by atomic mass is 16.5. The van der Waals surface area contributed by atoms with Crippen molar-refractivity contribution in [3.63, 3.8) is 0 Å². The maximum Gasteiger partial charge on any atom is 0.0734 e. The summed E-state index contributed by atoms with van der Waals surface area (Å²) in [6.07, 6.45) is 12.7. The van der Waals surface area contributed by atoms with Crippen molar-refractivity contribution >= 4 is 0 Å². The summed E-state index contributed by atoms with van der Waals surface area (Å²) in [5.41, 5.74) is 0. The molecule has 0 heterocycles. The molecule has 1 N–H and O–H groups in total. The second kappa shape index (κ2) is 10.6. The Balaban J connectivity index is 2.34. The van der Waals surface area contributed by atoms with Crippen LogP contribution in [0.5, 0.6) is 0 Å². The molecule has 20 heavy (non-hydrogen) atoms. The molecule has 4 unspecified atom stereocenters. The van der Waals surface area contributed by atoms with Gasteiger partial charge in [-0.1, -0.05) is 52.9 Å². The first-order chi connectivity index (χ1) is 9.71. The van der Waals surface area contributed by atoms with E-state index in [2.05, 4.69) is 33.0 Å². The highest BCUT2D eigenvalue weighted by Gasteiger charge is 2.30. The second-order valence-electron chi connectivity index (χ2n) is 6.59. The average molecular weight is 284 g/mol. The lowest BCUT2D eigenvalue weighted by Crippen LogP contribution is -2.46. The van der Waals surface area contributed by atoms with Crippen molar-refractivity contribution in [1.82, 2.24) is 5.32 Å². The molecule has 0 aromatic carbocycles. The molecule has 0 aromatic heterocycles. The summed E-state index contributed by atoms with van der Waals surface area (Å²) < 4.78 is 6.41. The first-order valence-corrected chi connectivity index (χ1v) is 9.10. The second-order valence-corrected chi connectivity index (χ2v) is 6.59. The van der Waals surface area contributed by atoms with Crippen molar-refractivity contribution in [2.24, 2.45) is 5.92 Å². The van der Waals surface area contributed by atoms with Gasteiger partial charge in [0.2, 0.25) is 0 Å². The van der Waals surface area contributed by atoms with Crippen LogP contribution >= 0.6 is 0 Å². The van der Waals surface area contributed by atoms with Crippen LogP contribution in [0.15, 0.2) is 0 Å². The van der Waals surface area contributed by atoms with Gasteiger partial charge >= 0.3 is 0 Å². The minimum atomic E-state index is 0.425. The smallest absolute Gasteiger partial charge is 0.0734 e. The topological polar surface area (TPSA) is 21.3 Å². The van der Waals surface area contributed by atoms with Crippen molar-refractivity contribution in [3.8, 4) is 0 Å². The van der Waals surface area contributed by atoms with Crippen molar-refractivity contribution in [1.29, 1.82) is 0 Å². The molecule has 0 spiro atoms. The third kappa shape index (κ3) is 6.58. The number of rotatable bonds is 10. The van der Waals surface area contributed by atoms with Gasteiger partial charge in [0.05, 0.1) is 12.2 Å². The van der Waals surface area contributed by atoms with Crippen molar-refractivity contribution in [3.05, 3.63) is 0 Å². The van der Waals surface area contributed by atoms with Crippen molar-refractivity contribution in [2.75, 3.05) is 6.54 Å². The van der Waals surface area contributed by atoms with E-state index < -0.39 is 0 Å². The molecule has 120 valence electrons. The molecule has 2 heteroatoms. The molecule has 0 radical (unpaired) electrons. The van der Waals surface area contributed by atoms with Gasteiger partial charge in [0.1, 0.15) is 0 Å². The van der Waals surface area contributed by atoms with Crippen LogP contribution in [0.3, 0.4) is 0 Å². The van der Waals surface area contributed by atoms with E-state index in [0.717, 1.165) is 12.5 Å². The molecule has 0 saturated heterocycles. The Morgan fingerprint density at radius 3 is 2.55 bits per heavy atom. The Kier molecular flexibility index (Phi) is 9.54. The summed E-state index contributed by atoms with van der Waals surface area (Å²) in [4.78, 5) is 0. The third-order valence-electron chi connectivity index (χ3n) is 4.82. The number of nitrogens with one attached hydrogen (secondary N) is 1. The number of hydrogen-bond acceptors (Lipinski definition) is 2. The van der Waals surface area contributed by atoms with E-state index in [4.69, 9.17) is 4.74 Å². The van der Waals surface area contributed by atoms with Crippen LogP contribution < -0.4 is 5.32 Å². The Morgan fingerprint density at radius 2 is 1.90 bits per heavy atom. The van der Waals surface area contributed by atoms with E-state index in [1.165, 1.54) is 57.8 Å². The van der Waals surface area contributed by atoms with Crippen LogP contribution in [0.2, 0.25) is 0 Å². The van der Waals surface area contributed by atoms with Gasteiger partial charge in [-0.15, -0.1) is 0 Å². The lowest BCUT2D eigenvalue weighted by Gasteiger charge is -2.37. The van der Waals surface area contributed by atoms with E-state index in [0.29, 0.717) is 18.2 Å². The zero-order valence-corrected chi connectivity index (χ0v) is 14.3. The summed E-state index contributed by atoms with van der Waals surface area (Å²) in [6.45, 7) is 10.1. The van der Waals surface area contributed by atoms with E-state index in [1.807, 2.05) is 0 Å². The largest absolute Gasteiger partial charge is 0.374 e. The van der Waals surface area contributed by atoms with Gasteiger partial charge in [-0.25, -0.2) is 0 Å². The van der Waals surface area contributed by atoms with Crippen molar-refractivity contribution in [2.45, 2.75) is 104 Å². The predicted molar refractivity (Wildman–Crippen MR) is 88.2 cm³/mol. The normalized spacial score (nSPS) is 28.5. The fourth-order valence-electron chi connectivity index (χ4n) is 3.45. The Labute approximate surface area is 127 Å². The fraction of sp³-hybridized carbons (Fsp3) is 1.00. The number of hydrogen-bond donors (Lipinski definition) is 1. The summed E-state index contributed by atoms with van der Waals surface area (Å²) in [5.74, 6) is 0.877. The van der Waals surface area contributed by atoms with Crippen LogP contribution in [-0.2, 0) is 4.74 Å². The number of likely N-dealkylation sites (N-methyl/N-ethyl adjacent to an activating group) is 1. The van der Waals surface area contributed by atoms with E-state index >= 15 is 0 Å².